The lowest BCUT2D eigenvalue weighted by Gasteiger charge is -2.26. The molecule has 2 nitrogen and oxygen atoms in total. The van der Waals surface area contributed by atoms with Crippen molar-refractivity contribution in [2.24, 2.45) is 5.92 Å². The van der Waals surface area contributed by atoms with E-state index in [1.54, 1.807) is 0 Å². The van der Waals surface area contributed by atoms with Crippen LogP contribution in [-0.4, -0.2) is 48.6 Å². The first-order chi connectivity index (χ1) is 7.34. The first-order valence-electron chi connectivity index (χ1n) is 6.38. The summed E-state index contributed by atoms with van der Waals surface area (Å²) in [4.78, 5) is 2.59. The summed E-state index contributed by atoms with van der Waals surface area (Å²) in [6.07, 6.45) is 4.36. The quantitative estimate of drug-likeness (QED) is 0.746. The molecule has 1 atom stereocenters. The standard InChI is InChI=1S/C12H24N2S/c1-11(10-12-2-3-12)13-4-5-14-6-8-15-9-7-14/h11-13H,2-10H2,1H3. The fraction of sp³-hybridized carbons (Fsp3) is 1.00. The van der Waals surface area contributed by atoms with E-state index in [0.717, 1.165) is 12.0 Å². The van der Waals surface area contributed by atoms with Gasteiger partial charge < -0.3 is 10.2 Å². The molecule has 1 saturated heterocycles. The second kappa shape index (κ2) is 6.12. The highest BCUT2D eigenvalue weighted by atomic mass is 32.2. The van der Waals surface area contributed by atoms with E-state index in [2.05, 4.69) is 28.9 Å². The molecule has 1 N–H and O–H groups in total. The summed E-state index contributed by atoms with van der Waals surface area (Å²) in [6, 6.07) is 0.733. The number of thioether (sulfide) groups is 1. The molecule has 1 unspecified atom stereocenters. The molecule has 0 aromatic rings. The van der Waals surface area contributed by atoms with Crippen LogP contribution in [0.3, 0.4) is 0 Å². The largest absolute Gasteiger partial charge is 0.313 e. The van der Waals surface area contributed by atoms with Gasteiger partial charge in [-0.1, -0.05) is 12.8 Å². The van der Waals surface area contributed by atoms with Crippen LogP contribution in [0.15, 0.2) is 0 Å². The van der Waals surface area contributed by atoms with Crippen molar-refractivity contribution in [1.82, 2.24) is 10.2 Å². The van der Waals surface area contributed by atoms with E-state index in [-0.39, 0.29) is 0 Å². The van der Waals surface area contributed by atoms with Crippen LogP contribution in [0.5, 0.6) is 0 Å². The van der Waals surface area contributed by atoms with Gasteiger partial charge in [-0.3, -0.25) is 0 Å². The maximum Gasteiger partial charge on any atom is 0.0108 e. The van der Waals surface area contributed by atoms with Gasteiger partial charge in [0.1, 0.15) is 0 Å². The molecule has 1 aliphatic heterocycles. The topological polar surface area (TPSA) is 15.3 Å². The first kappa shape index (κ1) is 11.7. The Balaban J connectivity index is 1.49. The smallest absolute Gasteiger partial charge is 0.0108 e. The van der Waals surface area contributed by atoms with Crippen LogP contribution in [0, 0.1) is 5.92 Å². The predicted octanol–water partition coefficient (Wildman–Crippen LogP) is 1.81. The van der Waals surface area contributed by atoms with Crippen molar-refractivity contribution in [3.05, 3.63) is 0 Å². The second-order valence-electron chi connectivity index (χ2n) is 4.99. The maximum atomic E-state index is 3.65. The zero-order chi connectivity index (χ0) is 10.5. The Morgan fingerprint density at radius 3 is 2.73 bits per heavy atom. The van der Waals surface area contributed by atoms with Crippen molar-refractivity contribution in [2.75, 3.05) is 37.7 Å². The number of nitrogens with zero attached hydrogens (tertiary/aromatic N) is 1. The van der Waals surface area contributed by atoms with Gasteiger partial charge in [-0.2, -0.15) is 11.8 Å². The van der Waals surface area contributed by atoms with Crippen LogP contribution >= 0.6 is 11.8 Å². The number of hydrogen-bond donors (Lipinski definition) is 1. The number of hydrogen-bond acceptors (Lipinski definition) is 3. The van der Waals surface area contributed by atoms with Gasteiger partial charge in [0.2, 0.25) is 0 Å². The van der Waals surface area contributed by atoms with Crippen LogP contribution in [0.4, 0.5) is 0 Å². The van der Waals surface area contributed by atoms with Crippen molar-refractivity contribution in [3.8, 4) is 0 Å². The summed E-state index contributed by atoms with van der Waals surface area (Å²) in [5.41, 5.74) is 0. The Kier molecular flexibility index (Phi) is 4.79. The van der Waals surface area contributed by atoms with E-state index in [0.29, 0.717) is 0 Å². The molecule has 2 fully saturated rings. The van der Waals surface area contributed by atoms with E-state index in [1.807, 2.05) is 0 Å². The summed E-state index contributed by atoms with van der Waals surface area (Å²) in [5.74, 6) is 3.72. The van der Waals surface area contributed by atoms with Crippen LogP contribution in [0.1, 0.15) is 26.2 Å². The Morgan fingerprint density at radius 1 is 1.33 bits per heavy atom. The minimum absolute atomic E-state index is 0.733. The Morgan fingerprint density at radius 2 is 2.07 bits per heavy atom. The molecule has 1 aliphatic carbocycles. The molecule has 2 aliphatic rings. The van der Waals surface area contributed by atoms with Crippen molar-refractivity contribution in [2.45, 2.75) is 32.2 Å². The molecular weight excluding hydrogens is 204 g/mol. The van der Waals surface area contributed by atoms with Gasteiger partial charge >= 0.3 is 0 Å². The van der Waals surface area contributed by atoms with E-state index in [9.17, 15) is 0 Å². The van der Waals surface area contributed by atoms with Crippen LogP contribution < -0.4 is 5.32 Å². The Bertz CT molecular complexity index is 176. The van der Waals surface area contributed by atoms with Gasteiger partial charge in [-0.15, -0.1) is 0 Å². The van der Waals surface area contributed by atoms with Crippen molar-refractivity contribution in [3.63, 3.8) is 0 Å². The monoisotopic (exact) mass is 228 g/mol. The zero-order valence-corrected chi connectivity index (χ0v) is 10.7. The second-order valence-corrected chi connectivity index (χ2v) is 6.21. The zero-order valence-electron chi connectivity index (χ0n) is 9.87. The minimum atomic E-state index is 0.733. The van der Waals surface area contributed by atoms with Gasteiger partial charge in [-0.05, 0) is 19.3 Å². The lowest BCUT2D eigenvalue weighted by atomic mass is 10.1. The van der Waals surface area contributed by atoms with Crippen LogP contribution in [0.25, 0.3) is 0 Å². The van der Waals surface area contributed by atoms with Gasteiger partial charge in [0.25, 0.3) is 0 Å². The van der Waals surface area contributed by atoms with Crippen LogP contribution in [-0.2, 0) is 0 Å². The molecule has 0 amide bonds. The summed E-state index contributed by atoms with van der Waals surface area (Å²) in [6.45, 7) is 7.35. The van der Waals surface area contributed by atoms with E-state index < -0.39 is 0 Å². The summed E-state index contributed by atoms with van der Waals surface area (Å²) in [5, 5.41) is 3.65. The minimum Gasteiger partial charge on any atom is -0.313 e. The lowest BCUT2D eigenvalue weighted by Crippen LogP contribution is -2.39. The number of rotatable bonds is 6. The Labute approximate surface area is 98.2 Å². The molecule has 1 saturated carbocycles. The predicted molar refractivity (Wildman–Crippen MR) is 68.6 cm³/mol. The summed E-state index contributed by atoms with van der Waals surface area (Å²) < 4.78 is 0. The van der Waals surface area contributed by atoms with Crippen molar-refractivity contribution < 1.29 is 0 Å². The molecule has 0 spiro atoms. The normalized spacial score (nSPS) is 25.4. The average Bonchev–Trinajstić information content (AvgIpc) is 3.03. The maximum absolute atomic E-state index is 3.65. The Hall–Kier alpha value is 0.270. The molecule has 2 rings (SSSR count). The van der Waals surface area contributed by atoms with Crippen molar-refractivity contribution >= 4 is 11.8 Å². The molecule has 0 radical (unpaired) electrons. The molecule has 0 bridgehead atoms. The average molecular weight is 228 g/mol. The van der Waals surface area contributed by atoms with E-state index in [4.69, 9.17) is 0 Å². The van der Waals surface area contributed by atoms with Crippen LogP contribution in [0.2, 0.25) is 0 Å². The van der Waals surface area contributed by atoms with Gasteiger partial charge in [0.15, 0.2) is 0 Å². The third kappa shape index (κ3) is 4.75. The summed E-state index contributed by atoms with van der Waals surface area (Å²) in [7, 11) is 0. The van der Waals surface area contributed by atoms with E-state index >= 15 is 0 Å². The lowest BCUT2D eigenvalue weighted by molar-refractivity contribution is 0.294. The highest BCUT2D eigenvalue weighted by molar-refractivity contribution is 7.99. The third-order valence-corrected chi connectivity index (χ3v) is 4.35. The molecule has 1 heterocycles. The van der Waals surface area contributed by atoms with E-state index in [1.165, 1.54) is 56.9 Å². The summed E-state index contributed by atoms with van der Waals surface area (Å²) >= 11 is 2.09. The number of nitrogens with one attached hydrogen (secondary N) is 1. The van der Waals surface area contributed by atoms with Gasteiger partial charge in [0.05, 0.1) is 0 Å². The third-order valence-electron chi connectivity index (χ3n) is 3.41. The molecule has 3 heteroatoms. The SMILES string of the molecule is CC(CC1CC1)NCCN1CCSCC1. The highest BCUT2D eigenvalue weighted by Gasteiger charge is 2.23. The van der Waals surface area contributed by atoms with Gasteiger partial charge in [-0.25, -0.2) is 0 Å². The van der Waals surface area contributed by atoms with Gasteiger partial charge in [0, 0.05) is 43.7 Å². The fourth-order valence-corrected chi connectivity index (χ4v) is 3.21. The molecule has 88 valence electrons. The fourth-order valence-electron chi connectivity index (χ4n) is 2.23. The molecule has 0 aromatic heterocycles. The van der Waals surface area contributed by atoms with Crippen molar-refractivity contribution in [1.29, 1.82) is 0 Å². The molecule has 0 aromatic carbocycles. The first-order valence-corrected chi connectivity index (χ1v) is 7.53. The highest BCUT2D eigenvalue weighted by Crippen LogP contribution is 2.33. The molecular formula is C12H24N2S. The molecule has 15 heavy (non-hydrogen) atoms.